The summed E-state index contributed by atoms with van der Waals surface area (Å²) in [6, 6.07) is 17.9. The molecule has 1 saturated heterocycles. The fourth-order valence-electron chi connectivity index (χ4n) is 3.85. The van der Waals surface area contributed by atoms with Crippen LogP contribution in [0, 0.1) is 5.92 Å². The van der Waals surface area contributed by atoms with Gasteiger partial charge in [-0.05, 0) is 30.0 Å². The Morgan fingerprint density at radius 1 is 1.00 bits per heavy atom. The van der Waals surface area contributed by atoms with Gasteiger partial charge in [-0.3, -0.25) is 14.4 Å². The molecule has 2 aromatic carbocycles. The van der Waals surface area contributed by atoms with Gasteiger partial charge in [-0.1, -0.05) is 60.7 Å². The van der Waals surface area contributed by atoms with Crippen molar-refractivity contribution in [3.05, 3.63) is 77.9 Å². The molecule has 0 aromatic heterocycles. The van der Waals surface area contributed by atoms with Crippen LogP contribution in [0.15, 0.2) is 66.7 Å². The van der Waals surface area contributed by atoms with Crippen molar-refractivity contribution in [1.82, 2.24) is 10.2 Å². The number of hydrogen-bond acceptors (Lipinski definition) is 6. The zero-order valence-electron chi connectivity index (χ0n) is 19.7. The predicted octanol–water partition coefficient (Wildman–Crippen LogP) is 2.38. The molecule has 35 heavy (non-hydrogen) atoms. The second-order valence-corrected chi connectivity index (χ2v) is 8.28. The minimum Gasteiger partial charge on any atom is -0.467 e. The molecule has 0 saturated carbocycles. The summed E-state index contributed by atoms with van der Waals surface area (Å²) in [5.41, 5.74) is 1.80. The van der Waals surface area contributed by atoms with E-state index in [4.69, 9.17) is 9.47 Å². The fraction of sp³-hybridized carbons (Fsp3) is 0.333. The Morgan fingerprint density at radius 2 is 1.63 bits per heavy atom. The molecular weight excluding hydrogens is 448 g/mol. The molecule has 0 radical (unpaired) electrons. The fourth-order valence-corrected chi connectivity index (χ4v) is 3.85. The van der Waals surface area contributed by atoms with E-state index in [9.17, 15) is 19.2 Å². The number of esters is 2. The third-order valence-electron chi connectivity index (χ3n) is 5.81. The van der Waals surface area contributed by atoms with Gasteiger partial charge in [0.25, 0.3) is 5.91 Å². The SMILES string of the molecule is COC(=O)C(Cc1ccccc1)NC(=O)COC(=O)C1CCN(C(=O)/C=C/c2ccccc2)CC1. The summed E-state index contributed by atoms with van der Waals surface area (Å²) in [4.78, 5) is 50.9. The maximum Gasteiger partial charge on any atom is 0.328 e. The Labute approximate surface area is 204 Å². The predicted molar refractivity (Wildman–Crippen MR) is 130 cm³/mol. The summed E-state index contributed by atoms with van der Waals surface area (Å²) in [7, 11) is 1.25. The average Bonchev–Trinajstić information content (AvgIpc) is 2.90. The lowest BCUT2D eigenvalue weighted by Crippen LogP contribution is -2.45. The molecule has 2 amide bonds. The standard InChI is InChI=1S/C27H30N2O6/c1-34-27(33)23(18-21-10-6-3-7-11-21)28-24(30)19-35-26(32)22-14-16-29(17-15-22)25(31)13-12-20-8-4-2-5-9-20/h2-13,22-23H,14-19H2,1H3,(H,28,30)/b13-12+. The van der Waals surface area contributed by atoms with E-state index >= 15 is 0 Å². The normalized spacial score (nSPS) is 14.8. The van der Waals surface area contributed by atoms with E-state index in [0.717, 1.165) is 11.1 Å². The molecule has 1 N–H and O–H groups in total. The first-order valence-corrected chi connectivity index (χ1v) is 11.6. The molecule has 3 rings (SSSR count). The molecule has 1 heterocycles. The number of likely N-dealkylation sites (tertiary alicyclic amines) is 1. The second-order valence-electron chi connectivity index (χ2n) is 8.28. The summed E-state index contributed by atoms with van der Waals surface area (Å²) < 4.78 is 9.97. The highest BCUT2D eigenvalue weighted by Gasteiger charge is 2.29. The maximum atomic E-state index is 12.4. The first-order valence-electron chi connectivity index (χ1n) is 11.6. The van der Waals surface area contributed by atoms with Crippen molar-refractivity contribution >= 4 is 29.8 Å². The van der Waals surface area contributed by atoms with Crippen LogP contribution in [0.1, 0.15) is 24.0 Å². The third kappa shape index (κ3) is 8.10. The topological polar surface area (TPSA) is 102 Å². The van der Waals surface area contributed by atoms with Crippen molar-refractivity contribution in [3.8, 4) is 0 Å². The van der Waals surface area contributed by atoms with Crippen LogP contribution in [-0.2, 0) is 35.1 Å². The highest BCUT2D eigenvalue weighted by atomic mass is 16.5. The molecule has 1 aliphatic heterocycles. The molecule has 1 atom stereocenters. The molecule has 0 bridgehead atoms. The van der Waals surface area contributed by atoms with Gasteiger partial charge in [0.15, 0.2) is 6.61 Å². The first kappa shape index (κ1) is 25.7. The summed E-state index contributed by atoms with van der Waals surface area (Å²) in [5, 5.41) is 2.57. The van der Waals surface area contributed by atoms with Crippen molar-refractivity contribution in [1.29, 1.82) is 0 Å². The molecule has 2 aromatic rings. The highest BCUT2D eigenvalue weighted by Crippen LogP contribution is 2.19. The van der Waals surface area contributed by atoms with Gasteiger partial charge in [-0.25, -0.2) is 4.79 Å². The molecule has 8 nitrogen and oxygen atoms in total. The minimum absolute atomic E-state index is 0.104. The minimum atomic E-state index is -0.883. The Morgan fingerprint density at radius 3 is 2.26 bits per heavy atom. The Bertz CT molecular complexity index is 1030. The molecule has 0 aliphatic carbocycles. The summed E-state index contributed by atoms with van der Waals surface area (Å²) in [6.45, 7) is 0.386. The van der Waals surface area contributed by atoms with Crippen molar-refractivity contribution in [2.24, 2.45) is 5.92 Å². The van der Waals surface area contributed by atoms with Crippen molar-refractivity contribution in [3.63, 3.8) is 0 Å². The van der Waals surface area contributed by atoms with Crippen LogP contribution >= 0.6 is 0 Å². The van der Waals surface area contributed by atoms with Gasteiger partial charge in [-0.2, -0.15) is 0 Å². The van der Waals surface area contributed by atoms with E-state index in [-0.39, 0.29) is 18.2 Å². The number of amides is 2. The monoisotopic (exact) mass is 478 g/mol. The lowest BCUT2D eigenvalue weighted by molar-refractivity contribution is -0.155. The Kier molecular flexibility index (Phi) is 9.59. The van der Waals surface area contributed by atoms with Crippen molar-refractivity contribution < 1.29 is 28.7 Å². The number of carbonyl (C=O) groups excluding carboxylic acids is 4. The van der Waals surface area contributed by atoms with Crippen molar-refractivity contribution in [2.45, 2.75) is 25.3 Å². The van der Waals surface area contributed by atoms with Gasteiger partial charge in [0.05, 0.1) is 13.0 Å². The van der Waals surface area contributed by atoms with E-state index < -0.39 is 30.5 Å². The largest absolute Gasteiger partial charge is 0.467 e. The van der Waals surface area contributed by atoms with Gasteiger partial charge in [0.1, 0.15) is 6.04 Å². The first-order chi connectivity index (χ1) is 17.0. The lowest BCUT2D eigenvalue weighted by atomic mass is 9.97. The molecule has 8 heteroatoms. The van der Waals surface area contributed by atoms with Gasteiger partial charge in [-0.15, -0.1) is 0 Å². The Balaban J connectivity index is 1.42. The molecule has 1 unspecified atom stereocenters. The Hall–Kier alpha value is -3.94. The molecular formula is C27H30N2O6. The number of rotatable bonds is 9. The van der Waals surface area contributed by atoms with Crippen LogP contribution in [0.4, 0.5) is 0 Å². The van der Waals surface area contributed by atoms with Crippen LogP contribution in [0.25, 0.3) is 6.08 Å². The van der Waals surface area contributed by atoms with E-state index in [0.29, 0.717) is 25.9 Å². The quantitative estimate of drug-likeness (QED) is 0.439. The number of piperidine rings is 1. The van der Waals surface area contributed by atoms with Gasteiger partial charge in [0.2, 0.25) is 5.91 Å². The highest BCUT2D eigenvalue weighted by molar-refractivity contribution is 5.92. The van der Waals surface area contributed by atoms with Crippen LogP contribution in [0.2, 0.25) is 0 Å². The molecule has 0 spiro atoms. The van der Waals surface area contributed by atoms with E-state index in [1.807, 2.05) is 60.7 Å². The number of benzene rings is 2. The average molecular weight is 479 g/mol. The van der Waals surface area contributed by atoms with E-state index in [2.05, 4.69) is 5.32 Å². The number of carbonyl (C=O) groups is 4. The summed E-state index contributed by atoms with van der Waals surface area (Å²) >= 11 is 0. The maximum absolute atomic E-state index is 12.4. The zero-order chi connectivity index (χ0) is 25.0. The van der Waals surface area contributed by atoms with Gasteiger partial charge < -0.3 is 19.7 Å². The van der Waals surface area contributed by atoms with Crippen LogP contribution in [0.3, 0.4) is 0 Å². The van der Waals surface area contributed by atoms with Gasteiger partial charge >= 0.3 is 11.9 Å². The number of methoxy groups -OCH3 is 1. The summed E-state index contributed by atoms with van der Waals surface area (Å²) in [5.74, 6) is -2.13. The summed E-state index contributed by atoms with van der Waals surface area (Å²) in [6.07, 6.45) is 4.49. The van der Waals surface area contributed by atoms with E-state index in [1.165, 1.54) is 13.2 Å². The van der Waals surface area contributed by atoms with Crippen LogP contribution in [0.5, 0.6) is 0 Å². The molecule has 1 fully saturated rings. The third-order valence-corrected chi connectivity index (χ3v) is 5.81. The second kappa shape index (κ2) is 13.1. The van der Waals surface area contributed by atoms with Crippen molar-refractivity contribution in [2.75, 3.05) is 26.8 Å². The van der Waals surface area contributed by atoms with Crippen LogP contribution < -0.4 is 5.32 Å². The van der Waals surface area contributed by atoms with Crippen LogP contribution in [-0.4, -0.2) is 61.5 Å². The number of ether oxygens (including phenoxy) is 2. The zero-order valence-corrected chi connectivity index (χ0v) is 19.7. The lowest BCUT2D eigenvalue weighted by Gasteiger charge is -2.30. The number of nitrogens with zero attached hydrogens (tertiary/aromatic N) is 1. The van der Waals surface area contributed by atoms with Gasteiger partial charge in [0, 0.05) is 25.6 Å². The number of nitrogens with one attached hydrogen (secondary N) is 1. The smallest absolute Gasteiger partial charge is 0.328 e. The molecule has 184 valence electrons. The molecule has 1 aliphatic rings. The number of hydrogen-bond donors (Lipinski definition) is 1. The van der Waals surface area contributed by atoms with E-state index in [1.54, 1.807) is 11.0 Å².